The monoisotopic (exact) mass is 518 g/mol. The number of aliphatic imine (C=N–C) groups is 1. The van der Waals surface area contributed by atoms with Gasteiger partial charge in [-0.3, -0.25) is 9.79 Å². The lowest BCUT2D eigenvalue weighted by molar-refractivity contribution is -0.166. The van der Waals surface area contributed by atoms with Gasteiger partial charge in [-0.2, -0.15) is 0 Å². The predicted molar refractivity (Wildman–Crippen MR) is 140 cm³/mol. The van der Waals surface area contributed by atoms with E-state index in [1.165, 1.54) is 6.07 Å². The number of epoxide rings is 1. The third-order valence-corrected chi connectivity index (χ3v) is 7.91. The summed E-state index contributed by atoms with van der Waals surface area (Å²) in [6, 6.07) is 8.89. The van der Waals surface area contributed by atoms with Crippen molar-refractivity contribution in [2.24, 2.45) is 10.7 Å². The third-order valence-electron chi connectivity index (χ3n) is 7.91. The average molecular weight is 519 g/mol. The molecule has 4 atom stereocenters. The highest BCUT2D eigenvalue weighted by Gasteiger charge is 2.61. The fourth-order valence-electron chi connectivity index (χ4n) is 5.53. The van der Waals surface area contributed by atoms with Crippen LogP contribution in [-0.2, 0) is 33.5 Å². The van der Waals surface area contributed by atoms with E-state index in [1.807, 2.05) is 38.3 Å². The van der Waals surface area contributed by atoms with Crippen molar-refractivity contribution in [2.75, 3.05) is 0 Å². The van der Waals surface area contributed by atoms with Gasteiger partial charge in [0.15, 0.2) is 11.0 Å². The minimum absolute atomic E-state index is 0.0799. The largest absolute Gasteiger partial charge is 0.507 e. The first kappa shape index (κ1) is 24.6. The van der Waals surface area contributed by atoms with Gasteiger partial charge in [-0.25, -0.2) is 4.79 Å². The first-order valence-corrected chi connectivity index (χ1v) is 12.7. The summed E-state index contributed by atoms with van der Waals surface area (Å²) < 4.78 is 23.7. The molecule has 0 unspecified atom stereocenters. The van der Waals surface area contributed by atoms with Gasteiger partial charge in [0.05, 0.1) is 0 Å². The Bertz CT molecular complexity index is 1570. The Labute approximate surface area is 219 Å². The smallest absolute Gasteiger partial charge is 0.341 e. The second-order valence-corrected chi connectivity index (χ2v) is 11.0. The van der Waals surface area contributed by atoms with Crippen LogP contribution in [0.15, 0.2) is 44.5 Å². The van der Waals surface area contributed by atoms with Crippen molar-refractivity contribution in [1.82, 2.24) is 0 Å². The molecule has 0 saturated carbocycles. The molecule has 1 aromatic heterocycles. The van der Waals surface area contributed by atoms with Crippen LogP contribution < -0.4 is 15.9 Å². The summed E-state index contributed by atoms with van der Waals surface area (Å²) in [5, 5.41) is 11.0. The van der Waals surface area contributed by atoms with Crippen molar-refractivity contribution in [2.45, 2.75) is 76.5 Å². The van der Waals surface area contributed by atoms with Gasteiger partial charge in [0.2, 0.25) is 0 Å². The van der Waals surface area contributed by atoms with Crippen LogP contribution >= 0.6 is 0 Å². The Morgan fingerprint density at radius 3 is 2.82 bits per heavy atom. The highest BCUT2D eigenvalue weighted by atomic mass is 16.7. The molecule has 0 amide bonds. The van der Waals surface area contributed by atoms with Gasteiger partial charge >= 0.3 is 5.97 Å². The molecule has 1 fully saturated rings. The van der Waals surface area contributed by atoms with Crippen LogP contribution in [0.1, 0.15) is 55.0 Å². The van der Waals surface area contributed by atoms with E-state index < -0.39 is 23.3 Å². The Morgan fingerprint density at radius 2 is 2.03 bits per heavy atom. The van der Waals surface area contributed by atoms with Crippen LogP contribution in [0.5, 0.6) is 11.5 Å². The molecular formula is C29H30N2O7. The van der Waals surface area contributed by atoms with Crippen LogP contribution in [0.4, 0.5) is 0 Å². The summed E-state index contributed by atoms with van der Waals surface area (Å²) in [5.41, 5.74) is 7.62. The lowest BCUT2D eigenvalue weighted by Gasteiger charge is -2.39. The maximum Gasteiger partial charge on any atom is 0.341 e. The van der Waals surface area contributed by atoms with Gasteiger partial charge in [0.1, 0.15) is 52.2 Å². The zero-order valence-corrected chi connectivity index (χ0v) is 21.7. The molecule has 3 N–H and O–H groups in total. The summed E-state index contributed by atoms with van der Waals surface area (Å²) in [6.45, 7) is 7.03. The summed E-state index contributed by atoms with van der Waals surface area (Å²) in [7, 11) is 0. The number of esters is 1. The molecule has 6 rings (SSSR count). The second kappa shape index (κ2) is 8.41. The Morgan fingerprint density at radius 1 is 1.24 bits per heavy atom. The van der Waals surface area contributed by atoms with Gasteiger partial charge in [0.25, 0.3) is 0 Å². The number of nitrogens with zero attached hydrogens (tertiary/aromatic N) is 1. The number of hydrogen-bond donors (Lipinski definition) is 2. The van der Waals surface area contributed by atoms with Gasteiger partial charge < -0.3 is 29.5 Å². The van der Waals surface area contributed by atoms with E-state index in [4.69, 9.17) is 24.4 Å². The Balaban J connectivity index is 1.22. The maximum absolute atomic E-state index is 13.4. The molecular weight excluding hydrogens is 488 g/mol. The highest BCUT2D eigenvalue weighted by Crippen LogP contribution is 2.45. The predicted octanol–water partition coefficient (Wildman–Crippen LogP) is 3.42. The van der Waals surface area contributed by atoms with Gasteiger partial charge in [0, 0.05) is 43.2 Å². The number of aryl methyl sites for hydroxylation is 1. The molecule has 0 aliphatic carbocycles. The number of hydrogen-bond acceptors (Lipinski definition) is 9. The van der Waals surface area contributed by atoms with Gasteiger partial charge in [-0.1, -0.05) is 18.2 Å². The Kier molecular flexibility index (Phi) is 5.45. The van der Waals surface area contributed by atoms with E-state index >= 15 is 0 Å². The third kappa shape index (κ3) is 3.88. The van der Waals surface area contributed by atoms with Crippen molar-refractivity contribution in [3.8, 4) is 11.5 Å². The van der Waals surface area contributed by atoms with Gasteiger partial charge in [-0.05, 0) is 44.4 Å². The van der Waals surface area contributed by atoms with Crippen molar-refractivity contribution in [3.63, 3.8) is 0 Å². The molecule has 3 aromatic rings. The minimum Gasteiger partial charge on any atom is -0.507 e. The lowest BCUT2D eigenvalue weighted by atomic mass is 9.89. The van der Waals surface area contributed by atoms with Gasteiger partial charge in [-0.15, -0.1) is 0 Å². The zero-order valence-electron chi connectivity index (χ0n) is 21.7. The highest BCUT2D eigenvalue weighted by molar-refractivity contribution is 5.87. The van der Waals surface area contributed by atoms with E-state index in [0.29, 0.717) is 29.9 Å². The van der Waals surface area contributed by atoms with E-state index in [0.717, 1.165) is 16.7 Å². The molecule has 198 valence electrons. The number of benzene rings is 2. The number of phenolic OH excluding ortho intramolecular Hbond substituents is 1. The van der Waals surface area contributed by atoms with E-state index in [1.54, 1.807) is 19.9 Å². The zero-order chi connectivity index (χ0) is 27.0. The number of aromatic hydroxyl groups is 1. The van der Waals surface area contributed by atoms with Crippen molar-refractivity contribution in [3.05, 3.63) is 68.6 Å². The van der Waals surface area contributed by atoms with Crippen LogP contribution in [0, 0.1) is 6.92 Å². The number of carbonyl (C=O) groups is 1. The minimum atomic E-state index is -1.10. The fraction of sp³-hybridized carbons (Fsp3) is 0.414. The molecule has 38 heavy (non-hydrogen) atoms. The molecule has 1 saturated heterocycles. The maximum atomic E-state index is 13.4. The number of fused-ring (bicyclic) bond motifs is 3. The van der Waals surface area contributed by atoms with E-state index in [-0.39, 0.29) is 40.8 Å². The van der Waals surface area contributed by atoms with Crippen LogP contribution in [0.25, 0.3) is 11.0 Å². The van der Waals surface area contributed by atoms with Crippen molar-refractivity contribution in [1.29, 1.82) is 0 Å². The lowest BCUT2D eigenvalue weighted by Crippen LogP contribution is -2.50. The summed E-state index contributed by atoms with van der Waals surface area (Å²) in [5.74, 6) is 0.114. The van der Waals surface area contributed by atoms with Crippen LogP contribution in [0.3, 0.4) is 0 Å². The topological polar surface area (TPSA) is 137 Å². The molecule has 0 spiro atoms. The van der Waals surface area contributed by atoms with Crippen LogP contribution in [-0.4, -0.2) is 40.7 Å². The first-order chi connectivity index (χ1) is 18.0. The normalized spacial score (nSPS) is 26.8. The van der Waals surface area contributed by atoms with E-state index in [2.05, 4.69) is 4.99 Å². The Hall–Kier alpha value is -3.69. The number of phenols is 1. The number of carbonyl (C=O) groups excluding carboxylic acids is 1. The number of ether oxygens (including phenoxy) is 3. The SMILES string of the molecule is Cc1cc(=O)c2c(O)c3c(cc2o1)OC(C)(C)[C@H](OC(=O)[C@]1(C)O[C@@H]1Cc1cccc2c1CC=N[C@@H]2N)C3. The molecule has 4 heterocycles. The van der Waals surface area contributed by atoms with Crippen LogP contribution in [0.2, 0.25) is 0 Å². The average Bonchev–Trinajstić information content (AvgIpc) is 3.50. The fourth-order valence-corrected chi connectivity index (χ4v) is 5.53. The summed E-state index contributed by atoms with van der Waals surface area (Å²) in [4.78, 5) is 30.2. The molecule has 3 aliphatic rings. The molecule has 0 bridgehead atoms. The molecule has 0 radical (unpaired) electrons. The first-order valence-electron chi connectivity index (χ1n) is 12.7. The second-order valence-electron chi connectivity index (χ2n) is 11.0. The number of nitrogens with two attached hydrogens (primary N) is 1. The summed E-state index contributed by atoms with van der Waals surface area (Å²) >= 11 is 0. The molecule has 9 nitrogen and oxygen atoms in total. The number of rotatable bonds is 4. The van der Waals surface area contributed by atoms with Crippen molar-refractivity contribution < 1.29 is 28.5 Å². The molecule has 9 heteroatoms. The van der Waals surface area contributed by atoms with E-state index in [9.17, 15) is 14.7 Å². The molecule has 3 aliphatic heterocycles. The standard InChI is InChI=1S/C29H30N2O7/c1-14-10-19(32)24-21(35-14)13-20-18(25(24)33)12-22(28(2,3)37-20)36-27(34)29(4)23(38-29)11-15-6-5-7-17-16(15)8-9-31-26(17)30/h5-7,9-10,13,22-23,26,33H,8,11-12,30H2,1-4H3/t22-,23-,26+,29-/m1/s1. The van der Waals surface area contributed by atoms with Crippen molar-refractivity contribution >= 4 is 23.2 Å². The summed E-state index contributed by atoms with van der Waals surface area (Å²) in [6.07, 6.45) is 1.79. The quantitative estimate of drug-likeness (QED) is 0.396. The molecule has 2 aromatic carbocycles.